The van der Waals surface area contributed by atoms with E-state index < -0.39 is 0 Å². The lowest BCUT2D eigenvalue weighted by molar-refractivity contribution is -0.129. The summed E-state index contributed by atoms with van der Waals surface area (Å²) >= 11 is 0. The third kappa shape index (κ3) is 2.60. The molecule has 2 heteroatoms. The van der Waals surface area contributed by atoms with Gasteiger partial charge >= 0.3 is 0 Å². The van der Waals surface area contributed by atoms with Crippen LogP contribution >= 0.6 is 0 Å². The zero-order valence-corrected chi connectivity index (χ0v) is 9.87. The summed E-state index contributed by atoms with van der Waals surface area (Å²) in [6.45, 7) is 1.11. The molecule has 0 aromatic rings. The van der Waals surface area contributed by atoms with Crippen LogP contribution in [-0.4, -0.2) is 30.3 Å². The molecule has 1 atom stereocenters. The van der Waals surface area contributed by atoms with Crippen LogP contribution in [0.4, 0.5) is 0 Å². The fourth-order valence-electron chi connectivity index (χ4n) is 3.09. The third-order valence-electron chi connectivity index (χ3n) is 4.11. The SMILES string of the molecule is CN1CCCCC1C(=O)C1CCCCC1. The largest absolute Gasteiger partial charge is 0.298 e. The summed E-state index contributed by atoms with van der Waals surface area (Å²) < 4.78 is 0. The number of Topliss-reactive ketones (excluding diaryl/α,β-unsaturated/α-hetero) is 1. The molecule has 1 unspecified atom stereocenters. The second-order valence-electron chi connectivity index (χ2n) is 5.23. The maximum absolute atomic E-state index is 12.3. The first-order valence-electron chi connectivity index (χ1n) is 6.53. The summed E-state index contributed by atoms with van der Waals surface area (Å²) in [6.07, 6.45) is 9.81. The molecule has 0 aromatic carbocycles. The van der Waals surface area contributed by atoms with E-state index in [4.69, 9.17) is 0 Å². The Morgan fingerprint density at radius 3 is 2.33 bits per heavy atom. The Hall–Kier alpha value is -0.370. The van der Waals surface area contributed by atoms with Gasteiger partial charge in [0.2, 0.25) is 0 Å². The van der Waals surface area contributed by atoms with E-state index in [0.717, 1.165) is 25.8 Å². The molecule has 2 fully saturated rings. The van der Waals surface area contributed by atoms with Crippen molar-refractivity contribution >= 4 is 5.78 Å². The van der Waals surface area contributed by atoms with Crippen molar-refractivity contribution in [2.45, 2.75) is 57.4 Å². The number of carbonyl (C=O) groups is 1. The van der Waals surface area contributed by atoms with E-state index in [1.165, 1.54) is 32.1 Å². The smallest absolute Gasteiger partial charge is 0.153 e. The Labute approximate surface area is 93.0 Å². The predicted molar refractivity (Wildman–Crippen MR) is 61.9 cm³/mol. The number of carbonyl (C=O) groups excluding carboxylic acids is 1. The van der Waals surface area contributed by atoms with Gasteiger partial charge in [0, 0.05) is 5.92 Å². The summed E-state index contributed by atoms with van der Waals surface area (Å²) in [5, 5.41) is 0. The summed E-state index contributed by atoms with van der Waals surface area (Å²) in [5.74, 6) is 0.946. The van der Waals surface area contributed by atoms with Crippen molar-refractivity contribution in [2.75, 3.05) is 13.6 Å². The van der Waals surface area contributed by atoms with Gasteiger partial charge in [-0.05, 0) is 39.3 Å². The van der Waals surface area contributed by atoms with Gasteiger partial charge in [-0.25, -0.2) is 0 Å². The molecule has 1 saturated heterocycles. The Morgan fingerprint density at radius 1 is 1.00 bits per heavy atom. The predicted octanol–water partition coefficient (Wildman–Crippen LogP) is 2.62. The first-order chi connectivity index (χ1) is 7.29. The zero-order valence-electron chi connectivity index (χ0n) is 9.87. The molecule has 0 amide bonds. The third-order valence-corrected chi connectivity index (χ3v) is 4.11. The van der Waals surface area contributed by atoms with E-state index in [1.807, 2.05) is 0 Å². The van der Waals surface area contributed by atoms with E-state index in [9.17, 15) is 4.79 Å². The van der Waals surface area contributed by atoms with Gasteiger partial charge < -0.3 is 0 Å². The minimum Gasteiger partial charge on any atom is -0.298 e. The first-order valence-corrected chi connectivity index (χ1v) is 6.53. The van der Waals surface area contributed by atoms with Gasteiger partial charge in [-0.2, -0.15) is 0 Å². The molecule has 1 aliphatic heterocycles. The van der Waals surface area contributed by atoms with Gasteiger partial charge in [-0.1, -0.05) is 25.7 Å². The van der Waals surface area contributed by atoms with E-state index in [1.54, 1.807) is 0 Å². The molecule has 0 bridgehead atoms. The fraction of sp³-hybridized carbons (Fsp3) is 0.923. The molecule has 0 radical (unpaired) electrons. The summed E-state index contributed by atoms with van der Waals surface area (Å²) in [4.78, 5) is 14.6. The molecular weight excluding hydrogens is 186 g/mol. The highest BCUT2D eigenvalue weighted by Gasteiger charge is 2.31. The topological polar surface area (TPSA) is 20.3 Å². The summed E-state index contributed by atoms with van der Waals surface area (Å²) in [6, 6.07) is 0.252. The molecule has 1 heterocycles. The van der Waals surface area contributed by atoms with Crippen molar-refractivity contribution in [3.8, 4) is 0 Å². The van der Waals surface area contributed by atoms with Crippen LogP contribution in [0, 0.1) is 5.92 Å². The number of ketones is 1. The molecule has 1 aliphatic carbocycles. The van der Waals surface area contributed by atoms with Crippen LogP contribution in [0.1, 0.15) is 51.4 Å². The maximum Gasteiger partial charge on any atom is 0.153 e. The highest BCUT2D eigenvalue weighted by molar-refractivity contribution is 5.86. The van der Waals surface area contributed by atoms with Gasteiger partial charge in [-0.3, -0.25) is 9.69 Å². The Bertz CT molecular complexity index is 221. The lowest BCUT2D eigenvalue weighted by atomic mass is 9.81. The molecule has 0 N–H and O–H groups in total. The van der Waals surface area contributed by atoms with Crippen molar-refractivity contribution in [3.63, 3.8) is 0 Å². The normalized spacial score (nSPS) is 30.3. The molecule has 0 aromatic heterocycles. The van der Waals surface area contributed by atoms with Crippen LogP contribution in [0.5, 0.6) is 0 Å². The summed E-state index contributed by atoms with van der Waals surface area (Å²) in [5.41, 5.74) is 0. The fourth-order valence-corrected chi connectivity index (χ4v) is 3.09. The number of nitrogens with zero attached hydrogens (tertiary/aromatic N) is 1. The van der Waals surface area contributed by atoms with Crippen LogP contribution in [0.25, 0.3) is 0 Å². The van der Waals surface area contributed by atoms with Gasteiger partial charge in [0.15, 0.2) is 5.78 Å². The molecule has 2 nitrogen and oxygen atoms in total. The number of piperidine rings is 1. The second kappa shape index (κ2) is 5.11. The minimum absolute atomic E-state index is 0.252. The lowest BCUT2D eigenvalue weighted by Crippen LogP contribution is -2.44. The van der Waals surface area contributed by atoms with Crippen LogP contribution in [-0.2, 0) is 4.79 Å². The lowest BCUT2D eigenvalue weighted by Gasteiger charge is -2.34. The number of hydrogen-bond donors (Lipinski definition) is 0. The Morgan fingerprint density at radius 2 is 1.67 bits per heavy atom. The molecule has 2 rings (SSSR count). The quantitative estimate of drug-likeness (QED) is 0.697. The molecule has 15 heavy (non-hydrogen) atoms. The Kier molecular flexibility index (Phi) is 3.79. The van der Waals surface area contributed by atoms with Crippen molar-refractivity contribution in [1.29, 1.82) is 0 Å². The molecule has 0 spiro atoms. The molecule has 1 saturated carbocycles. The van der Waals surface area contributed by atoms with E-state index in [-0.39, 0.29) is 6.04 Å². The second-order valence-corrected chi connectivity index (χ2v) is 5.23. The average Bonchev–Trinajstić information content (AvgIpc) is 2.30. The maximum atomic E-state index is 12.3. The van der Waals surface area contributed by atoms with Gasteiger partial charge in [-0.15, -0.1) is 0 Å². The monoisotopic (exact) mass is 209 g/mol. The number of hydrogen-bond acceptors (Lipinski definition) is 2. The van der Waals surface area contributed by atoms with E-state index in [2.05, 4.69) is 11.9 Å². The highest BCUT2D eigenvalue weighted by atomic mass is 16.1. The zero-order chi connectivity index (χ0) is 10.7. The van der Waals surface area contributed by atoms with Crippen molar-refractivity contribution < 1.29 is 4.79 Å². The first kappa shape index (κ1) is 11.1. The van der Waals surface area contributed by atoms with E-state index >= 15 is 0 Å². The molecule has 86 valence electrons. The van der Waals surface area contributed by atoms with Crippen molar-refractivity contribution in [3.05, 3.63) is 0 Å². The van der Waals surface area contributed by atoms with Crippen molar-refractivity contribution in [2.24, 2.45) is 5.92 Å². The van der Waals surface area contributed by atoms with Crippen LogP contribution in [0.15, 0.2) is 0 Å². The van der Waals surface area contributed by atoms with Crippen LogP contribution in [0.2, 0.25) is 0 Å². The Balaban J connectivity index is 1.92. The highest BCUT2D eigenvalue weighted by Crippen LogP contribution is 2.28. The number of likely N-dealkylation sites (N-methyl/N-ethyl adjacent to an activating group) is 1. The van der Waals surface area contributed by atoms with Crippen LogP contribution in [0.3, 0.4) is 0 Å². The molecular formula is C13H23NO. The molecule has 2 aliphatic rings. The van der Waals surface area contributed by atoms with Gasteiger partial charge in [0.05, 0.1) is 6.04 Å². The van der Waals surface area contributed by atoms with Gasteiger partial charge in [0.25, 0.3) is 0 Å². The summed E-state index contributed by atoms with van der Waals surface area (Å²) in [7, 11) is 2.12. The number of rotatable bonds is 2. The van der Waals surface area contributed by atoms with Crippen LogP contribution < -0.4 is 0 Å². The standard InChI is InChI=1S/C13H23NO/c1-14-10-6-5-9-12(14)13(15)11-7-3-2-4-8-11/h11-12H,2-10H2,1H3. The minimum atomic E-state index is 0.252. The van der Waals surface area contributed by atoms with E-state index in [0.29, 0.717) is 11.7 Å². The number of likely N-dealkylation sites (tertiary alicyclic amines) is 1. The van der Waals surface area contributed by atoms with Crippen molar-refractivity contribution in [1.82, 2.24) is 4.90 Å². The average molecular weight is 209 g/mol. The van der Waals surface area contributed by atoms with Gasteiger partial charge in [0.1, 0.15) is 0 Å².